The molecule has 0 spiro atoms. The Labute approximate surface area is 378 Å². The summed E-state index contributed by atoms with van der Waals surface area (Å²) in [5.41, 5.74) is 4.24. The van der Waals surface area contributed by atoms with E-state index in [0.717, 1.165) is 60.1 Å². The number of rotatable bonds is 34. The van der Waals surface area contributed by atoms with E-state index in [9.17, 15) is 9.59 Å². The summed E-state index contributed by atoms with van der Waals surface area (Å²) >= 11 is 0. The van der Waals surface area contributed by atoms with E-state index in [1.807, 2.05) is 48.5 Å². The van der Waals surface area contributed by atoms with Gasteiger partial charge >= 0.3 is 11.9 Å². The van der Waals surface area contributed by atoms with Gasteiger partial charge in [0.2, 0.25) is 0 Å². The second-order valence-corrected chi connectivity index (χ2v) is 16.4. The van der Waals surface area contributed by atoms with E-state index < -0.39 is 11.9 Å². The van der Waals surface area contributed by atoms with Crippen LogP contribution < -0.4 is 9.47 Å². The van der Waals surface area contributed by atoms with Crippen molar-refractivity contribution in [1.82, 2.24) is 0 Å². The first-order valence-electron chi connectivity index (χ1n) is 24.1. The fourth-order valence-corrected chi connectivity index (χ4v) is 7.08. The van der Waals surface area contributed by atoms with E-state index in [4.69, 9.17) is 18.9 Å². The minimum absolute atomic E-state index is 0.130. The largest absolute Gasteiger partial charge is 0.494 e. The Hall–Kier alpha value is -5.24. The van der Waals surface area contributed by atoms with Crippen LogP contribution in [0.15, 0.2) is 107 Å². The van der Waals surface area contributed by atoms with Crippen molar-refractivity contribution in [3.05, 3.63) is 119 Å². The molecule has 0 amide bonds. The smallest absolute Gasteiger partial charge is 0.338 e. The lowest BCUT2D eigenvalue weighted by Gasteiger charge is -2.07. The molecule has 0 fully saturated rings. The van der Waals surface area contributed by atoms with Gasteiger partial charge in [0.1, 0.15) is 11.5 Å². The van der Waals surface area contributed by atoms with Crippen LogP contribution in [0.5, 0.6) is 11.5 Å². The summed E-state index contributed by atoms with van der Waals surface area (Å²) in [5.74, 6) is 0.860. The van der Waals surface area contributed by atoms with Crippen LogP contribution in [0.4, 0.5) is 11.4 Å². The average molecular weight is 859 g/mol. The second-order valence-electron chi connectivity index (χ2n) is 16.4. The molecule has 0 radical (unpaired) electrons. The summed E-state index contributed by atoms with van der Waals surface area (Å²) in [4.78, 5) is 34.2. The highest BCUT2D eigenvalue weighted by Crippen LogP contribution is 2.19. The first-order chi connectivity index (χ1) is 31.0. The summed E-state index contributed by atoms with van der Waals surface area (Å²) in [7, 11) is 0. The Morgan fingerprint density at radius 2 is 0.698 bits per heavy atom. The Kier molecular flexibility index (Phi) is 26.0. The van der Waals surface area contributed by atoms with E-state index in [1.165, 1.54) is 116 Å². The predicted molar refractivity (Wildman–Crippen MR) is 260 cm³/mol. The van der Waals surface area contributed by atoms with Crippen LogP contribution in [0, 0.1) is 0 Å². The van der Waals surface area contributed by atoms with E-state index in [-0.39, 0.29) is 13.2 Å². The monoisotopic (exact) mass is 859 g/mol. The molecular weight excluding hydrogens is 785 g/mol. The van der Waals surface area contributed by atoms with Crippen molar-refractivity contribution in [2.24, 2.45) is 9.98 Å². The third-order valence-corrected chi connectivity index (χ3v) is 11.0. The SMILES string of the molecule is CCCCCCCCCCCCOc1ccc(C=Nc2ccc(C(=O)OCCCOC(=O)c3ccc(N=Cc4ccc(OCCCCCCCCCCCC)cc4)cc3)cc2)cc1. The minimum Gasteiger partial charge on any atom is -0.494 e. The summed E-state index contributed by atoms with van der Waals surface area (Å²) in [5, 5.41) is 0. The van der Waals surface area contributed by atoms with Crippen LogP contribution >= 0.6 is 0 Å². The second kappa shape index (κ2) is 32.4. The maximum absolute atomic E-state index is 12.6. The molecular formula is C55H74N2O6. The molecule has 0 atom stereocenters. The van der Waals surface area contributed by atoms with E-state index >= 15 is 0 Å². The number of esters is 2. The highest BCUT2D eigenvalue weighted by atomic mass is 16.5. The molecule has 4 aromatic rings. The number of carbonyl (C=O) groups excluding carboxylic acids is 2. The number of carbonyl (C=O) groups is 2. The van der Waals surface area contributed by atoms with Gasteiger partial charge in [-0.1, -0.05) is 129 Å². The molecule has 63 heavy (non-hydrogen) atoms. The van der Waals surface area contributed by atoms with Crippen molar-refractivity contribution in [2.45, 2.75) is 149 Å². The van der Waals surface area contributed by atoms with Crippen molar-refractivity contribution >= 4 is 35.7 Å². The summed E-state index contributed by atoms with van der Waals surface area (Å²) in [6.45, 7) is 6.27. The predicted octanol–water partition coefficient (Wildman–Crippen LogP) is 15.2. The van der Waals surface area contributed by atoms with Crippen LogP contribution in [0.25, 0.3) is 0 Å². The molecule has 0 aliphatic carbocycles. The number of aliphatic imine (C=N–C) groups is 2. The van der Waals surface area contributed by atoms with E-state index in [1.54, 1.807) is 61.0 Å². The molecule has 0 saturated heterocycles. The number of hydrogen-bond acceptors (Lipinski definition) is 8. The maximum atomic E-state index is 12.6. The lowest BCUT2D eigenvalue weighted by Crippen LogP contribution is -2.11. The third-order valence-electron chi connectivity index (χ3n) is 11.0. The molecule has 340 valence electrons. The van der Waals surface area contributed by atoms with Gasteiger partial charge in [-0.15, -0.1) is 0 Å². The number of hydrogen-bond donors (Lipinski definition) is 0. The number of ether oxygens (including phenoxy) is 4. The minimum atomic E-state index is -0.440. The zero-order valence-corrected chi connectivity index (χ0v) is 38.4. The molecule has 0 aromatic heterocycles. The Balaban J connectivity index is 1.03. The fraction of sp³-hybridized carbons (Fsp3) is 0.491. The van der Waals surface area contributed by atoms with Crippen molar-refractivity contribution < 1.29 is 28.5 Å². The maximum Gasteiger partial charge on any atom is 0.338 e. The Morgan fingerprint density at radius 1 is 0.381 bits per heavy atom. The fourth-order valence-electron chi connectivity index (χ4n) is 7.08. The number of nitrogens with zero attached hydrogens (tertiary/aromatic N) is 2. The van der Waals surface area contributed by atoms with Crippen molar-refractivity contribution in [1.29, 1.82) is 0 Å². The van der Waals surface area contributed by atoms with Gasteiger partial charge in [-0.25, -0.2) is 9.59 Å². The van der Waals surface area contributed by atoms with Crippen LogP contribution in [0.1, 0.15) is 181 Å². The zero-order chi connectivity index (χ0) is 44.4. The summed E-state index contributed by atoms with van der Waals surface area (Å²) in [6, 6.07) is 29.7. The van der Waals surface area contributed by atoms with E-state index in [2.05, 4.69) is 23.8 Å². The van der Waals surface area contributed by atoms with Gasteiger partial charge in [-0.3, -0.25) is 9.98 Å². The van der Waals surface area contributed by atoms with Crippen molar-refractivity contribution in [2.75, 3.05) is 26.4 Å². The van der Waals surface area contributed by atoms with Gasteiger partial charge in [0, 0.05) is 18.9 Å². The molecule has 0 heterocycles. The highest BCUT2D eigenvalue weighted by Gasteiger charge is 2.09. The molecule has 0 bridgehead atoms. The van der Waals surface area contributed by atoms with Crippen LogP contribution in [0.3, 0.4) is 0 Å². The van der Waals surface area contributed by atoms with Crippen molar-refractivity contribution in [3.8, 4) is 11.5 Å². The lowest BCUT2D eigenvalue weighted by molar-refractivity contribution is 0.0396. The molecule has 0 saturated carbocycles. The van der Waals surface area contributed by atoms with Gasteiger partial charge < -0.3 is 18.9 Å². The van der Waals surface area contributed by atoms with Crippen LogP contribution in [0.2, 0.25) is 0 Å². The normalized spacial score (nSPS) is 11.3. The van der Waals surface area contributed by atoms with Gasteiger partial charge in [-0.2, -0.15) is 0 Å². The summed E-state index contributed by atoms with van der Waals surface area (Å²) < 4.78 is 22.7. The van der Waals surface area contributed by atoms with Gasteiger partial charge in [0.25, 0.3) is 0 Å². The molecule has 0 N–H and O–H groups in total. The number of unbranched alkanes of at least 4 members (excludes halogenated alkanes) is 18. The molecule has 8 heteroatoms. The Morgan fingerprint density at radius 3 is 1.03 bits per heavy atom. The topological polar surface area (TPSA) is 95.8 Å². The molecule has 4 rings (SSSR count). The van der Waals surface area contributed by atoms with Gasteiger partial charge in [0.05, 0.1) is 48.9 Å². The van der Waals surface area contributed by atoms with Crippen LogP contribution in [-0.4, -0.2) is 50.8 Å². The van der Waals surface area contributed by atoms with Crippen molar-refractivity contribution in [3.63, 3.8) is 0 Å². The van der Waals surface area contributed by atoms with Crippen LogP contribution in [-0.2, 0) is 9.47 Å². The number of benzene rings is 4. The van der Waals surface area contributed by atoms with Gasteiger partial charge in [-0.05, 0) is 121 Å². The zero-order valence-electron chi connectivity index (χ0n) is 38.4. The Bertz CT molecular complexity index is 1720. The molecule has 0 aliphatic heterocycles. The molecule has 4 aromatic carbocycles. The van der Waals surface area contributed by atoms with Gasteiger partial charge in [0.15, 0.2) is 0 Å². The third kappa shape index (κ3) is 22.6. The highest BCUT2D eigenvalue weighted by molar-refractivity contribution is 5.91. The first-order valence-corrected chi connectivity index (χ1v) is 24.1. The molecule has 8 nitrogen and oxygen atoms in total. The lowest BCUT2D eigenvalue weighted by atomic mass is 10.1. The molecule has 0 aliphatic rings. The first kappa shape index (κ1) is 50.4. The quantitative estimate of drug-likeness (QED) is 0.0264. The van der Waals surface area contributed by atoms with E-state index in [0.29, 0.717) is 17.5 Å². The standard InChI is InChI=1S/C55H74N2O6/c1-3-5-7-9-11-13-15-17-19-21-40-60-52-36-24-46(25-37-52)44-56-50-32-28-48(29-33-50)54(58)62-42-23-43-63-55(59)49-30-34-51(35-31-49)57-45-47-26-38-53(39-27-47)61-41-22-20-18-16-14-12-10-8-6-4-2/h24-39,44-45H,3-23,40-43H2,1-2H3. The molecule has 0 unspecified atom stereocenters. The summed E-state index contributed by atoms with van der Waals surface area (Å²) in [6.07, 6.45) is 30.2. The average Bonchev–Trinajstić information content (AvgIpc) is 3.32.